The summed E-state index contributed by atoms with van der Waals surface area (Å²) < 4.78 is 33.7. The predicted octanol–water partition coefficient (Wildman–Crippen LogP) is 3.73. The molecule has 0 aromatic carbocycles. The molecule has 0 aliphatic heterocycles. The summed E-state index contributed by atoms with van der Waals surface area (Å²) in [6, 6.07) is 0. The van der Waals surface area contributed by atoms with Crippen LogP contribution >= 0.6 is 0 Å². The smallest absolute Gasteiger partial charge is 0.264 e. The molecule has 0 saturated carbocycles. The number of unbranched alkanes of at least 4 members (excludes halogenated alkanes) is 7. The number of hydrogen-bond donors (Lipinski definition) is 1. The first kappa shape index (κ1) is 16.9. The van der Waals surface area contributed by atoms with Crippen molar-refractivity contribution < 1.29 is 17.2 Å². The minimum absolute atomic E-state index is 0.426. The van der Waals surface area contributed by atoms with Crippen LogP contribution in [0.2, 0.25) is 0 Å². The molecule has 1 atom stereocenters. The van der Waals surface area contributed by atoms with Gasteiger partial charge in [-0.25, -0.2) is 4.18 Å². The summed E-state index contributed by atoms with van der Waals surface area (Å²) in [6.07, 6.45) is 9.96. The maximum Gasteiger partial charge on any atom is 0.397 e. The number of hydrogen-bond acceptors (Lipinski definition) is 3. The molecule has 0 radical (unpaired) electrons. The lowest BCUT2D eigenvalue weighted by molar-refractivity contribution is 0.185. The SMILES string of the molecule is CCCCCCCCCC[C@@H](C)OS(=O)(=O)O. The molecular formula is C12H26O4S. The first-order chi connectivity index (χ1) is 7.95. The molecule has 0 heterocycles. The molecule has 0 spiro atoms. The molecule has 0 fully saturated rings. The van der Waals surface area contributed by atoms with Gasteiger partial charge in [0.2, 0.25) is 0 Å². The van der Waals surface area contributed by atoms with E-state index >= 15 is 0 Å². The summed E-state index contributed by atoms with van der Waals surface area (Å²) >= 11 is 0. The van der Waals surface area contributed by atoms with Gasteiger partial charge in [0, 0.05) is 0 Å². The van der Waals surface area contributed by atoms with Crippen molar-refractivity contribution in [2.75, 3.05) is 0 Å². The van der Waals surface area contributed by atoms with Crippen molar-refractivity contribution in [1.82, 2.24) is 0 Å². The van der Waals surface area contributed by atoms with E-state index in [4.69, 9.17) is 4.55 Å². The van der Waals surface area contributed by atoms with Crippen molar-refractivity contribution in [3.63, 3.8) is 0 Å². The highest BCUT2D eigenvalue weighted by atomic mass is 32.3. The van der Waals surface area contributed by atoms with E-state index in [0.717, 1.165) is 12.8 Å². The van der Waals surface area contributed by atoms with Gasteiger partial charge in [0.15, 0.2) is 0 Å². The molecule has 0 aromatic rings. The van der Waals surface area contributed by atoms with Gasteiger partial charge in [-0.15, -0.1) is 0 Å². The molecule has 4 nitrogen and oxygen atoms in total. The van der Waals surface area contributed by atoms with Crippen LogP contribution in [0.3, 0.4) is 0 Å². The summed E-state index contributed by atoms with van der Waals surface area (Å²) in [5, 5.41) is 0. The fourth-order valence-electron chi connectivity index (χ4n) is 1.82. The zero-order valence-electron chi connectivity index (χ0n) is 11.0. The summed E-state index contributed by atoms with van der Waals surface area (Å²) in [6.45, 7) is 3.87. The quantitative estimate of drug-likeness (QED) is 0.457. The topological polar surface area (TPSA) is 63.6 Å². The maximum atomic E-state index is 10.4. The zero-order valence-corrected chi connectivity index (χ0v) is 11.8. The predicted molar refractivity (Wildman–Crippen MR) is 69.3 cm³/mol. The Morgan fingerprint density at radius 3 is 1.94 bits per heavy atom. The van der Waals surface area contributed by atoms with Crippen LogP contribution in [0.4, 0.5) is 0 Å². The number of rotatable bonds is 11. The van der Waals surface area contributed by atoms with Crippen LogP contribution in [0.5, 0.6) is 0 Å². The fourth-order valence-corrected chi connectivity index (χ4v) is 2.33. The van der Waals surface area contributed by atoms with Gasteiger partial charge in [-0.2, -0.15) is 8.42 Å². The molecule has 17 heavy (non-hydrogen) atoms. The molecule has 0 aliphatic rings. The molecule has 5 heteroatoms. The molecule has 0 saturated heterocycles. The van der Waals surface area contributed by atoms with Crippen LogP contribution in [0.25, 0.3) is 0 Å². The van der Waals surface area contributed by atoms with Crippen molar-refractivity contribution in [2.45, 2.75) is 77.7 Å². The highest BCUT2D eigenvalue weighted by Gasteiger charge is 2.11. The summed E-state index contributed by atoms with van der Waals surface area (Å²) in [4.78, 5) is 0. The van der Waals surface area contributed by atoms with E-state index in [-0.39, 0.29) is 0 Å². The van der Waals surface area contributed by atoms with Crippen LogP contribution in [-0.2, 0) is 14.6 Å². The molecule has 1 N–H and O–H groups in total. The second kappa shape index (κ2) is 9.85. The second-order valence-electron chi connectivity index (χ2n) is 4.60. The first-order valence-corrected chi connectivity index (χ1v) is 7.98. The van der Waals surface area contributed by atoms with E-state index < -0.39 is 16.5 Å². The first-order valence-electron chi connectivity index (χ1n) is 6.61. The van der Waals surface area contributed by atoms with E-state index in [1.54, 1.807) is 6.92 Å². The largest absolute Gasteiger partial charge is 0.397 e. The van der Waals surface area contributed by atoms with Gasteiger partial charge in [0.25, 0.3) is 0 Å². The van der Waals surface area contributed by atoms with Crippen LogP contribution in [-0.4, -0.2) is 19.1 Å². The lowest BCUT2D eigenvalue weighted by Gasteiger charge is -2.09. The molecule has 0 unspecified atom stereocenters. The Morgan fingerprint density at radius 1 is 1.00 bits per heavy atom. The van der Waals surface area contributed by atoms with Crippen LogP contribution < -0.4 is 0 Å². The maximum absolute atomic E-state index is 10.4. The minimum Gasteiger partial charge on any atom is -0.264 e. The second-order valence-corrected chi connectivity index (χ2v) is 5.65. The Kier molecular flexibility index (Phi) is 9.78. The van der Waals surface area contributed by atoms with Gasteiger partial charge in [-0.1, -0.05) is 58.3 Å². The van der Waals surface area contributed by atoms with Gasteiger partial charge in [-0.05, 0) is 13.3 Å². The third kappa shape index (κ3) is 13.8. The van der Waals surface area contributed by atoms with Gasteiger partial charge in [0.1, 0.15) is 0 Å². The van der Waals surface area contributed by atoms with Crippen LogP contribution in [0.1, 0.15) is 71.6 Å². The highest BCUT2D eigenvalue weighted by molar-refractivity contribution is 7.80. The van der Waals surface area contributed by atoms with Crippen molar-refractivity contribution >= 4 is 10.4 Å². The van der Waals surface area contributed by atoms with Crippen molar-refractivity contribution in [2.24, 2.45) is 0 Å². The third-order valence-corrected chi connectivity index (χ3v) is 3.32. The van der Waals surface area contributed by atoms with Crippen LogP contribution in [0.15, 0.2) is 0 Å². The zero-order chi connectivity index (χ0) is 13.1. The van der Waals surface area contributed by atoms with Gasteiger partial charge in [-0.3, -0.25) is 4.55 Å². The average molecular weight is 266 g/mol. The monoisotopic (exact) mass is 266 g/mol. The van der Waals surface area contributed by atoms with Gasteiger partial charge >= 0.3 is 10.4 Å². The van der Waals surface area contributed by atoms with E-state index in [0.29, 0.717) is 6.42 Å². The Hall–Kier alpha value is -0.130. The molecule has 0 aliphatic carbocycles. The molecule has 0 aromatic heterocycles. The third-order valence-electron chi connectivity index (χ3n) is 2.75. The van der Waals surface area contributed by atoms with Gasteiger partial charge in [0.05, 0.1) is 6.10 Å². The van der Waals surface area contributed by atoms with E-state index in [2.05, 4.69) is 11.1 Å². The normalized spacial score (nSPS) is 13.8. The molecule has 0 rings (SSSR count). The highest BCUT2D eigenvalue weighted by Crippen LogP contribution is 2.12. The summed E-state index contributed by atoms with van der Waals surface area (Å²) in [7, 11) is -4.28. The molecule has 0 bridgehead atoms. The molecule has 104 valence electrons. The molecular weight excluding hydrogens is 240 g/mol. The molecule has 0 amide bonds. The lowest BCUT2D eigenvalue weighted by Crippen LogP contribution is -2.14. The van der Waals surface area contributed by atoms with E-state index in [1.165, 1.54) is 38.5 Å². The van der Waals surface area contributed by atoms with Crippen molar-refractivity contribution in [3.8, 4) is 0 Å². The minimum atomic E-state index is -4.28. The Bertz CT molecular complexity index is 262. The van der Waals surface area contributed by atoms with E-state index in [1.807, 2.05) is 0 Å². The van der Waals surface area contributed by atoms with Crippen molar-refractivity contribution in [3.05, 3.63) is 0 Å². The van der Waals surface area contributed by atoms with E-state index in [9.17, 15) is 8.42 Å². The standard InChI is InChI=1S/C12H26O4S/c1-3-4-5-6-7-8-9-10-11-12(2)16-17(13,14)15/h12H,3-11H2,1-2H3,(H,13,14,15)/t12-/m1/s1. The Balaban J connectivity index is 3.28. The summed E-state index contributed by atoms with van der Waals surface area (Å²) in [5.41, 5.74) is 0. The fraction of sp³-hybridized carbons (Fsp3) is 1.00. The summed E-state index contributed by atoms with van der Waals surface area (Å²) in [5.74, 6) is 0. The van der Waals surface area contributed by atoms with Crippen molar-refractivity contribution in [1.29, 1.82) is 0 Å². The lowest BCUT2D eigenvalue weighted by atomic mass is 10.1. The van der Waals surface area contributed by atoms with Gasteiger partial charge < -0.3 is 0 Å². The Morgan fingerprint density at radius 2 is 1.47 bits per heavy atom. The average Bonchev–Trinajstić information content (AvgIpc) is 2.19. The van der Waals surface area contributed by atoms with Crippen LogP contribution in [0, 0.1) is 0 Å². The Labute approximate surface area is 106 Å².